The lowest BCUT2D eigenvalue weighted by molar-refractivity contribution is -0.146. The number of oxazole rings is 1. The Balaban J connectivity index is 0.000000886. The van der Waals surface area contributed by atoms with E-state index in [4.69, 9.17) is 14.3 Å². The van der Waals surface area contributed by atoms with Crippen molar-refractivity contribution >= 4 is 27.5 Å². The lowest BCUT2D eigenvalue weighted by Crippen LogP contribution is -2.52. The molecule has 0 atom stereocenters. The molecule has 0 aliphatic rings. The third-order valence-corrected chi connectivity index (χ3v) is 7.25. The van der Waals surface area contributed by atoms with Gasteiger partial charge in [0.2, 0.25) is 5.89 Å². The van der Waals surface area contributed by atoms with Crippen molar-refractivity contribution in [3.63, 3.8) is 0 Å². The van der Waals surface area contributed by atoms with Crippen molar-refractivity contribution in [2.75, 3.05) is 13.7 Å². The van der Waals surface area contributed by atoms with Crippen LogP contribution in [0.3, 0.4) is 0 Å². The number of carbonyl (C=O) groups is 1. The van der Waals surface area contributed by atoms with Crippen LogP contribution in [0.5, 0.6) is 5.75 Å². The van der Waals surface area contributed by atoms with Crippen LogP contribution in [-0.4, -0.2) is 44.0 Å². The highest BCUT2D eigenvalue weighted by molar-refractivity contribution is 7.22. The largest absolute Gasteiger partial charge is 0.496 e. The van der Waals surface area contributed by atoms with Gasteiger partial charge in [-0.05, 0) is 50.8 Å². The summed E-state index contributed by atoms with van der Waals surface area (Å²) in [5.41, 5.74) is -1.61. The summed E-state index contributed by atoms with van der Waals surface area (Å²) in [6, 6.07) is 7.46. The number of aliphatic hydroxyl groups is 1. The van der Waals surface area contributed by atoms with Crippen LogP contribution in [0, 0.1) is 6.92 Å². The maximum Gasteiger partial charge on any atom is 0.333 e. The number of rotatable bonds is 8. The molecule has 0 saturated carbocycles. The molecule has 4 rings (SSSR count). The molecule has 2 N–H and O–H groups in total. The Bertz CT molecular complexity index is 1500. The summed E-state index contributed by atoms with van der Waals surface area (Å²) in [6.07, 6.45) is 4.25. The first-order chi connectivity index (χ1) is 17.6. The molecular weight excluding hydrogens is 498 g/mol. The van der Waals surface area contributed by atoms with Crippen molar-refractivity contribution in [1.82, 2.24) is 14.1 Å². The van der Waals surface area contributed by atoms with E-state index in [1.807, 2.05) is 31.2 Å². The van der Waals surface area contributed by atoms with Gasteiger partial charge in [0, 0.05) is 13.2 Å². The number of thiophene rings is 1. The summed E-state index contributed by atoms with van der Waals surface area (Å²) >= 11 is 1.22. The molecule has 0 fully saturated rings. The van der Waals surface area contributed by atoms with Crippen molar-refractivity contribution in [3.8, 4) is 16.5 Å². The molecule has 0 amide bonds. The zero-order valence-corrected chi connectivity index (χ0v) is 22.3. The number of fused-ring (bicyclic) bond motifs is 1. The van der Waals surface area contributed by atoms with Crippen LogP contribution >= 0.6 is 11.3 Å². The van der Waals surface area contributed by atoms with E-state index < -0.39 is 22.8 Å². The van der Waals surface area contributed by atoms with Crippen molar-refractivity contribution in [2.24, 2.45) is 0 Å². The number of methoxy groups -OCH3 is 1. The Morgan fingerprint density at radius 3 is 2.49 bits per heavy atom. The first kappa shape index (κ1) is 27.9. The molecule has 3 aromatic heterocycles. The Morgan fingerprint density at radius 1 is 1.24 bits per heavy atom. The van der Waals surface area contributed by atoms with Crippen LogP contribution in [0.1, 0.15) is 38.3 Å². The van der Waals surface area contributed by atoms with Crippen molar-refractivity contribution < 1.29 is 24.2 Å². The highest BCUT2D eigenvalue weighted by Crippen LogP contribution is 2.36. The quantitative estimate of drug-likeness (QED) is 0.353. The molecular formula is C26H31N3O7S. The topological polar surface area (TPSA) is 137 Å². The fourth-order valence-corrected chi connectivity index (χ4v) is 5.07. The van der Waals surface area contributed by atoms with Crippen molar-refractivity contribution in [1.29, 1.82) is 0 Å². The molecule has 0 radical (unpaired) electrons. The maximum atomic E-state index is 13.5. The lowest BCUT2D eigenvalue weighted by atomic mass is 10.1. The second-order valence-electron chi connectivity index (χ2n) is 8.80. The monoisotopic (exact) mass is 529 g/mol. The minimum absolute atomic E-state index is 0.219. The van der Waals surface area contributed by atoms with Gasteiger partial charge in [-0.1, -0.05) is 25.1 Å². The molecule has 0 bridgehead atoms. The van der Waals surface area contributed by atoms with E-state index in [1.54, 1.807) is 14.0 Å². The summed E-state index contributed by atoms with van der Waals surface area (Å²) in [7, 11) is 1.57. The van der Waals surface area contributed by atoms with Gasteiger partial charge in [-0.2, -0.15) is 0 Å². The summed E-state index contributed by atoms with van der Waals surface area (Å²) in [4.78, 5) is 44.2. The van der Waals surface area contributed by atoms with Gasteiger partial charge in [0.15, 0.2) is 0 Å². The Hall–Kier alpha value is -3.70. The van der Waals surface area contributed by atoms with Crippen LogP contribution in [0.15, 0.2) is 50.7 Å². The molecule has 3 heterocycles. The van der Waals surface area contributed by atoms with Crippen LogP contribution < -0.4 is 16.0 Å². The van der Waals surface area contributed by atoms with E-state index in [0.717, 1.165) is 16.6 Å². The number of para-hydroxylation sites is 1. The number of ether oxygens (including phenoxy) is 1. The third kappa shape index (κ3) is 5.37. The second kappa shape index (κ2) is 11.6. The zero-order chi connectivity index (χ0) is 27.3. The highest BCUT2D eigenvalue weighted by Gasteiger charge is 2.35. The molecule has 0 spiro atoms. The molecule has 0 unspecified atom stereocenters. The number of aliphatic hydroxyl groups excluding tert-OH is 1. The molecule has 198 valence electrons. The number of aryl methyl sites for hydroxylation is 3. The van der Waals surface area contributed by atoms with Gasteiger partial charge in [0.1, 0.15) is 22.4 Å². The number of aliphatic carboxylic acids is 1. The molecule has 4 aromatic rings. The number of aromatic nitrogens is 3. The number of hydrogen-bond acceptors (Lipinski definition) is 8. The average molecular weight is 530 g/mol. The smallest absolute Gasteiger partial charge is 0.333 e. The zero-order valence-electron chi connectivity index (χ0n) is 21.5. The SMILES string of the molecule is CCCO.COc1ccccc1CCn1c(=O)n(C(C)(C)C(=O)O)c(=O)c2c(C)c(-c3ncco3)sc21. The van der Waals surface area contributed by atoms with Gasteiger partial charge in [-0.3, -0.25) is 9.36 Å². The molecule has 0 aliphatic heterocycles. The summed E-state index contributed by atoms with van der Waals surface area (Å²) in [6.45, 7) is 6.89. The van der Waals surface area contributed by atoms with Crippen LogP contribution in [0.4, 0.5) is 0 Å². The van der Waals surface area contributed by atoms with E-state index in [-0.39, 0.29) is 11.9 Å². The van der Waals surface area contributed by atoms with E-state index in [0.29, 0.717) is 39.9 Å². The number of carboxylic acid groups (broad SMARTS) is 1. The minimum atomic E-state index is -1.74. The fraction of sp³-hybridized carbons (Fsp3) is 0.385. The van der Waals surface area contributed by atoms with Gasteiger partial charge in [-0.25, -0.2) is 19.1 Å². The minimum Gasteiger partial charge on any atom is -0.496 e. The molecule has 0 saturated heterocycles. The van der Waals surface area contributed by atoms with Crippen molar-refractivity contribution in [3.05, 3.63) is 68.7 Å². The van der Waals surface area contributed by atoms with Gasteiger partial charge in [0.25, 0.3) is 5.56 Å². The van der Waals surface area contributed by atoms with Gasteiger partial charge in [-0.15, -0.1) is 11.3 Å². The standard InChI is InChI=1S/C23H23N3O6S.C3H8O/c1-13-16-19(27)26(23(2,3)21(28)29)22(30)25(11-9-14-7-5-6-8-15(14)31-4)20(16)33-17(13)18-24-10-12-32-18;1-2-3-4/h5-8,10,12H,9,11H2,1-4H3,(H,28,29);4H,2-3H2,1H3. The Morgan fingerprint density at radius 2 is 1.92 bits per heavy atom. The number of carboxylic acids is 1. The molecule has 1 aromatic carbocycles. The Labute approximate surface area is 217 Å². The highest BCUT2D eigenvalue weighted by atomic mass is 32.1. The molecule has 11 heteroatoms. The molecule has 10 nitrogen and oxygen atoms in total. The van der Waals surface area contributed by atoms with E-state index in [9.17, 15) is 19.5 Å². The summed E-state index contributed by atoms with van der Waals surface area (Å²) in [5, 5.41) is 17.9. The van der Waals surface area contributed by atoms with E-state index >= 15 is 0 Å². The van der Waals surface area contributed by atoms with Gasteiger partial charge >= 0.3 is 11.7 Å². The predicted octanol–water partition coefficient (Wildman–Crippen LogP) is 3.65. The first-order valence-electron chi connectivity index (χ1n) is 11.8. The van der Waals surface area contributed by atoms with E-state index in [1.165, 1.54) is 42.2 Å². The average Bonchev–Trinajstić information content (AvgIpc) is 3.52. The Kier molecular flexibility index (Phi) is 8.72. The van der Waals surface area contributed by atoms with Crippen LogP contribution in [0.2, 0.25) is 0 Å². The van der Waals surface area contributed by atoms with E-state index in [2.05, 4.69) is 4.98 Å². The van der Waals surface area contributed by atoms with Crippen LogP contribution in [-0.2, 0) is 23.3 Å². The maximum absolute atomic E-state index is 13.5. The lowest BCUT2D eigenvalue weighted by Gasteiger charge is -2.23. The second-order valence-corrected chi connectivity index (χ2v) is 9.80. The van der Waals surface area contributed by atoms with Crippen LogP contribution in [0.25, 0.3) is 21.0 Å². The summed E-state index contributed by atoms with van der Waals surface area (Å²) < 4.78 is 13.1. The molecule has 37 heavy (non-hydrogen) atoms. The van der Waals surface area contributed by atoms with Gasteiger partial charge in [0.05, 0.1) is 23.6 Å². The summed E-state index contributed by atoms with van der Waals surface area (Å²) in [5.74, 6) is -0.261. The third-order valence-electron chi connectivity index (χ3n) is 5.94. The fourth-order valence-electron chi connectivity index (χ4n) is 3.81. The predicted molar refractivity (Wildman–Crippen MR) is 142 cm³/mol. The van der Waals surface area contributed by atoms with Gasteiger partial charge < -0.3 is 19.4 Å². The number of hydrogen-bond donors (Lipinski definition) is 2. The van der Waals surface area contributed by atoms with Crippen molar-refractivity contribution in [2.45, 2.75) is 52.6 Å². The molecule has 0 aliphatic carbocycles. The number of nitrogens with zero attached hydrogens (tertiary/aromatic N) is 3. The normalized spacial score (nSPS) is 11.3. The number of benzene rings is 1. The first-order valence-corrected chi connectivity index (χ1v) is 12.6.